The molecule has 1 aliphatic heterocycles. The summed E-state index contributed by atoms with van der Waals surface area (Å²) in [6.07, 6.45) is -0.464. The molecule has 70 valence electrons. The topological polar surface area (TPSA) is 67.5 Å². The molecule has 13 heavy (non-hydrogen) atoms. The molecular formula is C9H12N2O2. The SMILES string of the molecule is Nc1ccc2c(c1)NC[C@@H](O)CO2. The van der Waals surface area contributed by atoms with Crippen LogP contribution in [0.4, 0.5) is 11.4 Å². The first kappa shape index (κ1) is 8.19. The average Bonchev–Trinajstić information content (AvgIpc) is 2.29. The van der Waals surface area contributed by atoms with Crippen LogP contribution in [0.1, 0.15) is 0 Å². The number of nitrogen functional groups attached to an aromatic ring is 1. The monoisotopic (exact) mass is 180 g/mol. The van der Waals surface area contributed by atoms with Gasteiger partial charge in [-0.05, 0) is 18.2 Å². The summed E-state index contributed by atoms with van der Waals surface area (Å²) >= 11 is 0. The Morgan fingerprint density at radius 2 is 2.38 bits per heavy atom. The summed E-state index contributed by atoms with van der Waals surface area (Å²) in [5, 5.41) is 12.4. The first-order chi connectivity index (χ1) is 6.25. The molecule has 0 unspecified atom stereocenters. The van der Waals surface area contributed by atoms with E-state index in [9.17, 15) is 5.11 Å². The van der Waals surface area contributed by atoms with Crippen LogP contribution >= 0.6 is 0 Å². The molecule has 0 spiro atoms. The van der Waals surface area contributed by atoms with Crippen molar-refractivity contribution in [2.75, 3.05) is 24.2 Å². The van der Waals surface area contributed by atoms with Crippen molar-refractivity contribution in [2.24, 2.45) is 0 Å². The number of hydrogen-bond acceptors (Lipinski definition) is 4. The Hall–Kier alpha value is -1.42. The Bertz CT molecular complexity index is 314. The minimum absolute atomic E-state index is 0.323. The lowest BCUT2D eigenvalue weighted by atomic mass is 10.2. The molecule has 0 aliphatic carbocycles. The molecule has 0 fully saturated rings. The number of β-amino-alcohol motifs (C(OH)–C–C–N with tert-alkyl or cyclic N) is 1. The lowest BCUT2D eigenvalue weighted by Gasteiger charge is -2.07. The molecule has 0 aromatic heterocycles. The second-order valence-electron chi connectivity index (χ2n) is 3.10. The highest BCUT2D eigenvalue weighted by molar-refractivity contribution is 5.63. The molecule has 4 N–H and O–H groups in total. The minimum atomic E-state index is -0.464. The average molecular weight is 180 g/mol. The fraction of sp³-hybridized carbons (Fsp3) is 0.333. The second-order valence-corrected chi connectivity index (χ2v) is 3.10. The summed E-state index contributed by atoms with van der Waals surface area (Å²) < 4.78 is 5.35. The maximum Gasteiger partial charge on any atom is 0.142 e. The molecule has 4 heteroatoms. The van der Waals surface area contributed by atoms with Gasteiger partial charge in [0.25, 0.3) is 0 Å². The van der Waals surface area contributed by atoms with Gasteiger partial charge < -0.3 is 20.9 Å². The normalized spacial score (nSPS) is 20.8. The van der Waals surface area contributed by atoms with Crippen LogP contribution in [0.3, 0.4) is 0 Å². The van der Waals surface area contributed by atoms with Gasteiger partial charge in [0.1, 0.15) is 18.5 Å². The Balaban J connectivity index is 2.30. The number of rotatable bonds is 0. The molecule has 1 aromatic rings. The van der Waals surface area contributed by atoms with Crippen molar-refractivity contribution in [3.8, 4) is 5.75 Å². The third-order valence-corrected chi connectivity index (χ3v) is 1.96. The van der Waals surface area contributed by atoms with Crippen LogP contribution < -0.4 is 15.8 Å². The van der Waals surface area contributed by atoms with Crippen molar-refractivity contribution in [3.05, 3.63) is 18.2 Å². The fourth-order valence-electron chi connectivity index (χ4n) is 1.28. The fourth-order valence-corrected chi connectivity index (χ4v) is 1.28. The van der Waals surface area contributed by atoms with Crippen molar-refractivity contribution in [2.45, 2.75) is 6.10 Å². The van der Waals surface area contributed by atoms with E-state index in [1.165, 1.54) is 0 Å². The third kappa shape index (κ3) is 1.67. The lowest BCUT2D eigenvalue weighted by Crippen LogP contribution is -2.23. The van der Waals surface area contributed by atoms with Crippen LogP contribution in [0.15, 0.2) is 18.2 Å². The second kappa shape index (κ2) is 3.14. The van der Waals surface area contributed by atoms with Crippen LogP contribution in [-0.4, -0.2) is 24.4 Å². The summed E-state index contributed by atoms with van der Waals surface area (Å²) in [6.45, 7) is 0.820. The highest BCUT2D eigenvalue weighted by Crippen LogP contribution is 2.28. The number of fused-ring (bicyclic) bond motifs is 1. The summed E-state index contributed by atoms with van der Waals surface area (Å²) in [5.41, 5.74) is 7.14. The number of aliphatic hydroxyl groups excluding tert-OH is 1. The summed E-state index contributed by atoms with van der Waals surface area (Å²) in [6, 6.07) is 5.38. The van der Waals surface area contributed by atoms with Gasteiger partial charge in [0.2, 0.25) is 0 Å². The molecule has 1 atom stereocenters. The standard InChI is InChI=1S/C9H12N2O2/c10-6-1-2-9-8(3-6)11-4-7(12)5-13-9/h1-3,7,11-12H,4-5,10H2/t7-/m1/s1. The number of anilines is 2. The highest BCUT2D eigenvalue weighted by Gasteiger charge is 2.13. The molecule has 1 aromatic carbocycles. The van der Waals surface area contributed by atoms with Crippen molar-refractivity contribution >= 4 is 11.4 Å². The van der Waals surface area contributed by atoms with Gasteiger partial charge in [-0.3, -0.25) is 0 Å². The molecule has 4 nitrogen and oxygen atoms in total. The smallest absolute Gasteiger partial charge is 0.142 e. The Kier molecular flexibility index (Phi) is 1.98. The van der Waals surface area contributed by atoms with E-state index in [1.54, 1.807) is 18.2 Å². The van der Waals surface area contributed by atoms with Gasteiger partial charge in [0, 0.05) is 12.2 Å². The van der Waals surface area contributed by atoms with Gasteiger partial charge in [-0.15, -0.1) is 0 Å². The van der Waals surface area contributed by atoms with Crippen LogP contribution in [0.5, 0.6) is 5.75 Å². The van der Waals surface area contributed by atoms with Crippen molar-refractivity contribution < 1.29 is 9.84 Å². The first-order valence-corrected chi connectivity index (χ1v) is 4.20. The van der Waals surface area contributed by atoms with E-state index in [0.29, 0.717) is 18.8 Å². The van der Waals surface area contributed by atoms with E-state index in [4.69, 9.17) is 10.5 Å². The van der Waals surface area contributed by atoms with E-state index in [-0.39, 0.29) is 0 Å². The lowest BCUT2D eigenvalue weighted by molar-refractivity contribution is 0.122. The van der Waals surface area contributed by atoms with Crippen LogP contribution in [0, 0.1) is 0 Å². The van der Waals surface area contributed by atoms with E-state index >= 15 is 0 Å². The summed E-state index contributed by atoms with van der Waals surface area (Å²) in [7, 11) is 0. The molecule has 2 rings (SSSR count). The molecule has 0 amide bonds. The van der Waals surface area contributed by atoms with Crippen molar-refractivity contribution in [3.63, 3.8) is 0 Å². The van der Waals surface area contributed by atoms with Crippen molar-refractivity contribution in [1.82, 2.24) is 0 Å². The quantitative estimate of drug-likeness (QED) is 0.507. The zero-order chi connectivity index (χ0) is 9.26. The Labute approximate surface area is 76.3 Å². The largest absolute Gasteiger partial charge is 0.489 e. The van der Waals surface area contributed by atoms with Crippen LogP contribution in [-0.2, 0) is 0 Å². The van der Waals surface area contributed by atoms with E-state index < -0.39 is 6.10 Å². The molecule has 0 bridgehead atoms. The Morgan fingerprint density at radius 3 is 3.23 bits per heavy atom. The minimum Gasteiger partial charge on any atom is -0.489 e. The van der Waals surface area contributed by atoms with Crippen LogP contribution in [0.25, 0.3) is 0 Å². The molecule has 0 saturated heterocycles. The van der Waals surface area contributed by atoms with E-state index in [1.807, 2.05) is 0 Å². The Morgan fingerprint density at radius 1 is 1.54 bits per heavy atom. The van der Waals surface area contributed by atoms with Gasteiger partial charge in [-0.1, -0.05) is 0 Å². The molecular weight excluding hydrogens is 168 g/mol. The van der Waals surface area contributed by atoms with Gasteiger partial charge in [-0.25, -0.2) is 0 Å². The molecule has 1 heterocycles. The van der Waals surface area contributed by atoms with Gasteiger partial charge in [0.15, 0.2) is 0 Å². The highest BCUT2D eigenvalue weighted by atomic mass is 16.5. The predicted molar refractivity (Wildman–Crippen MR) is 50.8 cm³/mol. The van der Waals surface area contributed by atoms with Gasteiger partial charge >= 0.3 is 0 Å². The number of aliphatic hydroxyl groups is 1. The first-order valence-electron chi connectivity index (χ1n) is 4.20. The van der Waals surface area contributed by atoms with E-state index in [2.05, 4.69) is 5.32 Å². The maximum atomic E-state index is 9.31. The third-order valence-electron chi connectivity index (χ3n) is 1.96. The van der Waals surface area contributed by atoms with E-state index in [0.717, 1.165) is 11.4 Å². The zero-order valence-electron chi connectivity index (χ0n) is 7.16. The predicted octanol–water partition coefficient (Wildman–Crippen LogP) is 0.434. The zero-order valence-corrected chi connectivity index (χ0v) is 7.16. The maximum absolute atomic E-state index is 9.31. The molecule has 0 radical (unpaired) electrons. The molecule has 0 saturated carbocycles. The number of nitrogens with one attached hydrogen (secondary N) is 1. The van der Waals surface area contributed by atoms with Crippen LogP contribution in [0.2, 0.25) is 0 Å². The number of benzene rings is 1. The summed E-state index contributed by atoms with van der Waals surface area (Å²) in [5.74, 6) is 0.741. The van der Waals surface area contributed by atoms with Gasteiger partial charge in [-0.2, -0.15) is 0 Å². The summed E-state index contributed by atoms with van der Waals surface area (Å²) in [4.78, 5) is 0. The number of nitrogens with two attached hydrogens (primary N) is 1. The molecule has 1 aliphatic rings. The van der Waals surface area contributed by atoms with Gasteiger partial charge in [0.05, 0.1) is 5.69 Å². The number of ether oxygens (including phenoxy) is 1. The van der Waals surface area contributed by atoms with Crippen molar-refractivity contribution in [1.29, 1.82) is 0 Å². The number of hydrogen-bond donors (Lipinski definition) is 3.